The Balaban J connectivity index is 1.96. The summed E-state index contributed by atoms with van der Waals surface area (Å²) in [6.07, 6.45) is 6.25. The van der Waals surface area contributed by atoms with E-state index in [1.807, 2.05) is 43.6 Å². The van der Waals surface area contributed by atoms with Crippen LogP contribution >= 0.6 is 0 Å². The lowest BCUT2D eigenvalue weighted by atomic mass is 9.99. The number of benzene rings is 2. The van der Waals surface area contributed by atoms with E-state index >= 15 is 4.39 Å². The van der Waals surface area contributed by atoms with E-state index in [-0.39, 0.29) is 0 Å². The molecule has 2 heterocycles. The molecule has 0 aliphatic rings. The van der Waals surface area contributed by atoms with Crippen LogP contribution in [-0.2, 0) is 7.05 Å². The summed E-state index contributed by atoms with van der Waals surface area (Å²) in [7, 11) is 3.46. The maximum absolute atomic E-state index is 15.3. The molecule has 2 aromatic heterocycles. The SMILES string of the molecule is CN=C/C(=C\N)c1cc(F)c2c(-c3cn(C)nc3-c3ccccc3)ncnc2c1. The van der Waals surface area contributed by atoms with Crippen LogP contribution in [0.25, 0.3) is 39.0 Å². The van der Waals surface area contributed by atoms with E-state index in [0.717, 1.165) is 16.8 Å². The molecule has 0 atom stereocenters. The summed E-state index contributed by atoms with van der Waals surface area (Å²) in [5.41, 5.74) is 10.3. The standard InChI is InChI=1S/C22H19FN6/c1-25-11-16(10-24)15-8-18(23)20-19(9-15)26-13-27-22(20)17-12-29(2)28-21(17)14-6-4-3-5-7-14/h3-13H,24H2,1-2H3/b16-10+,25-11?. The Bertz CT molecular complexity index is 1240. The predicted molar refractivity (Wildman–Crippen MR) is 114 cm³/mol. The first-order valence-electron chi connectivity index (χ1n) is 9.00. The molecule has 0 saturated carbocycles. The molecule has 0 fully saturated rings. The Kier molecular flexibility index (Phi) is 4.87. The van der Waals surface area contributed by atoms with Gasteiger partial charge < -0.3 is 5.73 Å². The molecule has 7 heteroatoms. The number of hydrogen-bond donors (Lipinski definition) is 1. The maximum Gasteiger partial charge on any atom is 0.135 e. The third-order valence-corrected chi connectivity index (χ3v) is 4.60. The summed E-state index contributed by atoms with van der Waals surface area (Å²) in [6, 6.07) is 13.0. The fraction of sp³-hybridized carbons (Fsp3) is 0.0909. The Morgan fingerprint density at radius 2 is 1.93 bits per heavy atom. The van der Waals surface area contributed by atoms with Gasteiger partial charge in [-0.1, -0.05) is 30.3 Å². The molecule has 0 spiro atoms. The van der Waals surface area contributed by atoms with E-state index in [4.69, 9.17) is 5.73 Å². The number of aliphatic imine (C=N–C) groups is 1. The molecular formula is C22H19FN6. The minimum atomic E-state index is -0.431. The van der Waals surface area contributed by atoms with Gasteiger partial charge in [-0.05, 0) is 17.7 Å². The van der Waals surface area contributed by atoms with Crippen LogP contribution in [0.2, 0.25) is 0 Å². The number of halogens is 1. The van der Waals surface area contributed by atoms with Gasteiger partial charge in [0.15, 0.2) is 0 Å². The van der Waals surface area contributed by atoms with Gasteiger partial charge in [0.1, 0.15) is 17.8 Å². The van der Waals surface area contributed by atoms with Crippen LogP contribution in [0.5, 0.6) is 0 Å². The zero-order valence-electron chi connectivity index (χ0n) is 16.0. The minimum Gasteiger partial charge on any atom is -0.404 e. The first kappa shape index (κ1) is 18.5. The van der Waals surface area contributed by atoms with Gasteiger partial charge in [0.05, 0.1) is 16.6 Å². The van der Waals surface area contributed by atoms with Gasteiger partial charge in [0.25, 0.3) is 0 Å². The second-order valence-corrected chi connectivity index (χ2v) is 6.51. The van der Waals surface area contributed by atoms with Crippen LogP contribution in [0.1, 0.15) is 5.56 Å². The molecular weight excluding hydrogens is 367 g/mol. The number of fused-ring (bicyclic) bond motifs is 1. The normalized spacial score (nSPS) is 12.2. The van der Waals surface area contributed by atoms with Crippen molar-refractivity contribution < 1.29 is 4.39 Å². The number of hydrogen-bond acceptors (Lipinski definition) is 5. The van der Waals surface area contributed by atoms with E-state index in [0.29, 0.717) is 27.7 Å². The predicted octanol–water partition coefficient (Wildman–Crippen LogP) is 3.84. The van der Waals surface area contributed by atoms with E-state index < -0.39 is 5.82 Å². The molecule has 2 aromatic carbocycles. The molecule has 4 aromatic rings. The van der Waals surface area contributed by atoms with E-state index in [1.165, 1.54) is 18.6 Å². The topological polar surface area (TPSA) is 82.0 Å². The van der Waals surface area contributed by atoms with Crippen molar-refractivity contribution in [2.45, 2.75) is 0 Å². The second-order valence-electron chi connectivity index (χ2n) is 6.51. The average Bonchev–Trinajstić information content (AvgIpc) is 3.13. The lowest BCUT2D eigenvalue weighted by Crippen LogP contribution is -1.97. The van der Waals surface area contributed by atoms with Crippen molar-refractivity contribution in [1.82, 2.24) is 19.7 Å². The van der Waals surface area contributed by atoms with Crippen LogP contribution in [-0.4, -0.2) is 33.0 Å². The van der Waals surface area contributed by atoms with Crippen LogP contribution in [0.15, 0.2) is 66.2 Å². The van der Waals surface area contributed by atoms with Crippen molar-refractivity contribution in [2.24, 2.45) is 17.8 Å². The smallest absolute Gasteiger partial charge is 0.135 e. The molecule has 0 amide bonds. The van der Waals surface area contributed by atoms with Gasteiger partial charge in [-0.25, -0.2) is 14.4 Å². The van der Waals surface area contributed by atoms with Crippen LogP contribution < -0.4 is 5.73 Å². The molecule has 0 bridgehead atoms. The highest BCUT2D eigenvalue weighted by Gasteiger charge is 2.19. The zero-order valence-corrected chi connectivity index (χ0v) is 16.0. The van der Waals surface area contributed by atoms with Crippen molar-refractivity contribution >= 4 is 22.7 Å². The van der Waals surface area contributed by atoms with Crippen LogP contribution in [0.4, 0.5) is 4.39 Å². The fourth-order valence-corrected chi connectivity index (χ4v) is 3.34. The van der Waals surface area contributed by atoms with Gasteiger partial charge in [-0.15, -0.1) is 0 Å². The molecule has 2 N–H and O–H groups in total. The molecule has 4 rings (SSSR count). The highest BCUT2D eigenvalue weighted by atomic mass is 19.1. The van der Waals surface area contributed by atoms with Crippen molar-refractivity contribution in [3.8, 4) is 22.5 Å². The Labute approximate surface area is 167 Å². The van der Waals surface area contributed by atoms with Crippen LogP contribution in [0, 0.1) is 5.82 Å². The first-order valence-corrected chi connectivity index (χ1v) is 9.00. The van der Waals surface area contributed by atoms with Crippen molar-refractivity contribution in [3.63, 3.8) is 0 Å². The molecule has 0 radical (unpaired) electrons. The summed E-state index contributed by atoms with van der Waals surface area (Å²) >= 11 is 0. The third-order valence-electron chi connectivity index (χ3n) is 4.60. The highest BCUT2D eigenvalue weighted by Crippen LogP contribution is 2.35. The van der Waals surface area contributed by atoms with Gasteiger partial charge in [-0.2, -0.15) is 5.10 Å². The third kappa shape index (κ3) is 3.38. The summed E-state index contributed by atoms with van der Waals surface area (Å²) in [5, 5.41) is 4.91. The number of nitrogens with zero attached hydrogens (tertiary/aromatic N) is 5. The summed E-state index contributed by atoms with van der Waals surface area (Å²) < 4.78 is 17.0. The first-order chi connectivity index (χ1) is 14.1. The number of rotatable bonds is 4. The molecule has 0 unspecified atom stereocenters. The van der Waals surface area contributed by atoms with Crippen molar-refractivity contribution in [3.05, 3.63) is 72.6 Å². The molecule has 0 saturated heterocycles. The van der Waals surface area contributed by atoms with Gasteiger partial charge >= 0.3 is 0 Å². The Morgan fingerprint density at radius 1 is 1.14 bits per heavy atom. The Morgan fingerprint density at radius 3 is 2.66 bits per heavy atom. The quantitative estimate of drug-likeness (QED) is 0.540. The van der Waals surface area contributed by atoms with Crippen LogP contribution in [0.3, 0.4) is 0 Å². The van der Waals surface area contributed by atoms with Crippen molar-refractivity contribution in [2.75, 3.05) is 7.05 Å². The average molecular weight is 386 g/mol. The zero-order chi connectivity index (χ0) is 20.4. The monoisotopic (exact) mass is 386 g/mol. The number of allylic oxidation sites excluding steroid dienone is 1. The molecule has 144 valence electrons. The number of nitrogens with two attached hydrogens (primary N) is 1. The summed E-state index contributed by atoms with van der Waals surface area (Å²) in [5.74, 6) is -0.431. The summed E-state index contributed by atoms with van der Waals surface area (Å²) in [6.45, 7) is 0. The van der Waals surface area contributed by atoms with E-state index in [1.54, 1.807) is 24.0 Å². The largest absolute Gasteiger partial charge is 0.404 e. The van der Waals surface area contributed by atoms with Gasteiger partial charge in [-0.3, -0.25) is 9.67 Å². The maximum atomic E-state index is 15.3. The second kappa shape index (κ2) is 7.63. The van der Waals surface area contributed by atoms with Crippen molar-refractivity contribution in [1.29, 1.82) is 0 Å². The Hall–Kier alpha value is -3.87. The van der Waals surface area contributed by atoms with E-state index in [9.17, 15) is 0 Å². The molecule has 0 aliphatic heterocycles. The highest BCUT2D eigenvalue weighted by molar-refractivity contribution is 6.11. The summed E-state index contributed by atoms with van der Waals surface area (Å²) in [4.78, 5) is 12.6. The minimum absolute atomic E-state index is 0.339. The van der Waals surface area contributed by atoms with Gasteiger partial charge in [0, 0.05) is 49.4 Å². The van der Waals surface area contributed by atoms with Gasteiger partial charge in [0.2, 0.25) is 0 Å². The lowest BCUT2D eigenvalue weighted by molar-refractivity contribution is 0.639. The number of aryl methyl sites for hydroxylation is 1. The lowest BCUT2D eigenvalue weighted by Gasteiger charge is -2.09. The number of aromatic nitrogens is 4. The van der Waals surface area contributed by atoms with E-state index in [2.05, 4.69) is 20.1 Å². The molecule has 0 aliphatic carbocycles. The molecule has 29 heavy (non-hydrogen) atoms. The fourth-order valence-electron chi connectivity index (χ4n) is 3.34. The molecule has 6 nitrogen and oxygen atoms in total.